The van der Waals surface area contributed by atoms with Crippen LogP contribution < -0.4 is 14.8 Å². The third-order valence-electron chi connectivity index (χ3n) is 2.55. The van der Waals surface area contributed by atoms with E-state index in [0.29, 0.717) is 12.5 Å². The average Bonchev–Trinajstić information content (AvgIpc) is 2.43. The Morgan fingerprint density at radius 3 is 2.62 bits per heavy atom. The van der Waals surface area contributed by atoms with Gasteiger partial charge in [0.05, 0.1) is 13.7 Å². The maximum Gasteiger partial charge on any atom is 0.244 e. The number of carbonyl (C=O) groups is 1. The minimum atomic E-state index is -3.88. The van der Waals surface area contributed by atoms with Gasteiger partial charge in [-0.25, -0.2) is 13.1 Å². The van der Waals surface area contributed by atoms with Crippen LogP contribution in [-0.2, 0) is 14.8 Å². The van der Waals surface area contributed by atoms with Crippen molar-refractivity contribution in [3.05, 3.63) is 23.2 Å². The molecular formula is C13H19ClN2O4S. The molecule has 0 fully saturated rings. The molecule has 0 atom stereocenters. The van der Waals surface area contributed by atoms with Crippen LogP contribution in [0.5, 0.6) is 5.75 Å². The van der Waals surface area contributed by atoms with E-state index in [0.717, 1.165) is 0 Å². The summed E-state index contributed by atoms with van der Waals surface area (Å²) in [7, 11) is -2.52. The van der Waals surface area contributed by atoms with Crippen LogP contribution >= 0.6 is 11.6 Å². The number of nitrogens with one attached hydrogen (secondary N) is 2. The van der Waals surface area contributed by atoms with Crippen LogP contribution in [0.1, 0.15) is 13.8 Å². The largest absolute Gasteiger partial charge is 0.495 e. The number of hydrogen-bond donors (Lipinski definition) is 2. The van der Waals surface area contributed by atoms with E-state index in [4.69, 9.17) is 16.3 Å². The van der Waals surface area contributed by atoms with Crippen LogP contribution in [-0.4, -0.2) is 34.5 Å². The van der Waals surface area contributed by atoms with Gasteiger partial charge in [-0.3, -0.25) is 4.79 Å². The molecule has 0 unspecified atom stereocenters. The van der Waals surface area contributed by atoms with E-state index in [9.17, 15) is 13.2 Å². The molecule has 0 bridgehead atoms. The summed E-state index contributed by atoms with van der Waals surface area (Å²) < 4.78 is 31.6. The van der Waals surface area contributed by atoms with Crippen LogP contribution in [0, 0.1) is 5.92 Å². The van der Waals surface area contributed by atoms with Gasteiger partial charge in [0.15, 0.2) is 0 Å². The lowest BCUT2D eigenvalue weighted by Crippen LogP contribution is -2.38. The van der Waals surface area contributed by atoms with Crippen molar-refractivity contribution in [2.45, 2.75) is 18.7 Å². The second-order valence-corrected chi connectivity index (χ2v) is 6.99. The number of benzene rings is 1. The van der Waals surface area contributed by atoms with Gasteiger partial charge in [-0.05, 0) is 24.1 Å². The highest BCUT2D eigenvalue weighted by Gasteiger charge is 2.20. The number of sulfonamides is 1. The van der Waals surface area contributed by atoms with E-state index in [1.54, 1.807) is 0 Å². The van der Waals surface area contributed by atoms with Gasteiger partial charge in [0, 0.05) is 11.6 Å². The molecule has 21 heavy (non-hydrogen) atoms. The SMILES string of the molecule is COc1ccc(Cl)cc1S(=O)(=O)NCC(=O)NCC(C)C. The van der Waals surface area contributed by atoms with Gasteiger partial charge in [0.1, 0.15) is 10.6 Å². The lowest BCUT2D eigenvalue weighted by Gasteiger charge is -2.12. The zero-order valence-electron chi connectivity index (χ0n) is 12.1. The van der Waals surface area contributed by atoms with E-state index >= 15 is 0 Å². The second kappa shape index (κ2) is 7.63. The summed E-state index contributed by atoms with van der Waals surface area (Å²) in [6, 6.07) is 4.25. The molecule has 0 radical (unpaired) electrons. The van der Waals surface area contributed by atoms with Crippen molar-refractivity contribution in [3.8, 4) is 5.75 Å². The first-order chi connectivity index (χ1) is 9.76. The Kier molecular flexibility index (Phi) is 6.44. The lowest BCUT2D eigenvalue weighted by molar-refractivity contribution is -0.120. The van der Waals surface area contributed by atoms with Gasteiger partial charge in [-0.1, -0.05) is 25.4 Å². The number of rotatable bonds is 7. The number of carbonyl (C=O) groups excluding carboxylic acids is 1. The Morgan fingerprint density at radius 1 is 1.38 bits per heavy atom. The molecule has 8 heteroatoms. The van der Waals surface area contributed by atoms with Crippen LogP contribution in [0.3, 0.4) is 0 Å². The third kappa shape index (κ3) is 5.53. The molecule has 0 aliphatic rings. The molecule has 0 aliphatic heterocycles. The fourth-order valence-corrected chi connectivity index (χ4v) is 2.89. The van der Waals surface area contributed by atoms with E-state index in [1.165, 1.54) is 25.3 Å². The Hall–Kier alpha value is -1.31. The summed E-state index contributed by atoms with van der Waals surface area (Å²) in [5, 5.41) is 2.89. The van der Waals surface area contributed by atoms with Gasteiger partial charge in [-0.2, -0.15) is 0 Å². The highest BCUT2D eigenvalue weighted by atomic mass is 35.5. The summed E-state index contributed by atoms with van der Waals surface area (Å²) >= 11 is 5.80. The third-order valence-corrected chi connectivity index (χ3v) is 4.20. The van der Waals surface area contributed by atoms with E-state index in [-0.39, 0.29) is 22.2 Å². The van der Waals surface area contributed by atoms with Gasteiger partial charge in [0.2, 0.25) is 15.9 Å². The molecule has 0 saturated carbocycles. The fourth-order valence-electron chi connectivity index (χ4n) is 1.48. The molecule has 1 amide bonds. The van der Waals surface area contributed by atoms with Crippen LogP contribution in [0.15, 0.2) is 23.1 Å². The van der Waals surface area contributed by atoms with Crippen molar-refractivity contribution in [1.82, 2.24) is 10.0 Å². The molecular weight excluding hydrogens is 316 g/mol. The van der Waals surface area contributed by atoms with E-state index < -0.39 is 15.9 Å². The minimum absolute atomic E-state index is 0.103. The maximum absolute atomic E-state index is 12.2. The fraction of sp³-hybridized carbons (Fsp3) is 0.462. The van der Waals surface area contributed by atoms with Crippen molar-refractivity contribution < 1.29 is 17.9 Å². The molecule has 0 aliphatic carbocycles. The summed E-state index contributed by atoms with van der Waals surface area (Å²) in [6.07, 6.45) is 0. The van der Waals surface area contributed by atoms with Gasteiger partial charge >= 0.3 is 0 Å². The number of amides is 1. The summed E-state index contributed by atoms with van der Waals surface area (Å²) in [5.41, 5.74) is 0. The highest BCUT2D eigenvalue weighted by Crippen LogP contribution is 2.26. The quantitative estimate of drug-likeness (QED) is 0.789. The molecule has 1 aromatic carbocycles. The van der Waals surface area contributed by atoms with Crippen LogP contribution in [0.25, 0.3) is 0 Å². The molecule has 1 rings (SSSR count). The molecule has 6 nitrogen and oxygen atoms in total. The Morgan fingerprint density at radius 2 is 2.05 bits per heavy atom. The van der Waals surface area contributed by atoms with Crippen molar-refractivity contribution in [2.75, 3.05) is 20.2 Å². The second-order valence-electron chi connectivity index (χ2n) is 4.82. The lowest BCUT2D eigenvalue weighted by atomic mass is 10.2. The van der Waals surface area contributed by atoms with Crippen LogP contribution in [0.2, 0.25) is 5.02 Å². The zero-order chi connectivity index (χ0) is 16.0. The predicted molar refractivity (Wildman–Crippen MR) is 81.0 cm³/mol. The maximum atomic E-state index is 12.2. The Balaban J connectivity index is 2.78. The normalized spacial score (nSPS) is 11.5. The molecule has 0 heterocycles. The first kappa shape index (κ1) is 17.7. The number of methoxy groups -OCH3 is 1. The number of ether oxygens (including phenoxy) is 1. The van der Waals surface area contributed by atoms with Crippen LogP contribution in [0.4, 0.5) is 0 Å². The molecule has 2 N–H and O–H groups in total. The first-order valence-corrected chi connectivity index (χ1v) is 8.22. The van der Waals surface area contributed by atoms with Crippen molar-refractivity contribution in [1.29, 1.82) is 0 Å². The smallest absolute Gasteiger partial charge is 0.244 e. The summed E-state index contributed by atoms with van der Waals surface area (Å²) in [4.78, 5) is 11.4. The zero-order valence-corrected chi connectivity index (χ0v) is 13.7. The van der Waals surface area contributed by atoms with Gasteiger partial charge in [-0.15, -0.1) is 0 Å². The topological polar surface area (TPSA) is 84.5 Å². The number of halogens is 1. The monoisotopic (exact) mass is 334 g/mol. The summed E-state index contributed by atoms with van der Waals surface area (Å²) in [6.45, 7) is 4.04. The van der Waals surface area contributed by atoms with Gasteiger partial charge < -0.3 is 10.1 Å². The standard InChI is InChI=1S/C13H19ClN2O4S/c1-9(2)7-15-13(17)8-16-21(18,19)12-6-10(14)4-5-11(12)20-3/h4-6,9,16H,7-8H2,1-3H3,(H,15,17). The minimum Gasteiger partial charge on any atom is -0.495 e. The molecule has 118 valence electrons. The highest BCUT2D eigenvalue weighted by molar-refractivity contribution is 7.89. The number of hydrogen-bond acceptors (Lipinski definition) is 4. The predicted octanol–water partition coefficient (Wildman–Crippen LogP) is 1.40. The first-order valence-electron chi connectivity index (χ1n) is 6.36. The van der Waals surface area contributed by atoms with Gasteiger partial charge in [0.25, 0.3) is 0 Å². The Bertz CT molecular complexity index is 602. The molecule has 0 aromatic heterocycles. The van der Waals surface area contributed by atoms with E-state index in [2.05, 4.69) is 10.0 Å². The Labute approximate surface area is 129 Å². The molecule has 0 spiro atoms. The van der Waals surface area contributed by atoms with Crippen molar-refractivity contribution in [2.24, 2.45) is 5.92 Å². The average molecular weight is 335 g/mol. The van der Waals surface area contributed by atoms with Crippen molar-refractivity contribution in [3.63, 3.8) is 0 Å². The van der Waals surface area contributed by atoms with E-state index in [1.807, 2.05) is 13.8 Å². The molecule has 1 aromatic rings. The van der Waals surface area contributed by atoms with Crippen molar-refractivity contribution >= 4 is 27.5 Å². The summed E-state index contributed by atoms with van der Waals surface area (Å²) in [5.74, 6) is 0.0568. The molecule has 0 saturated heterocycles.